The van der Waals surface area contributed by atoms with E-state index in [2.05, 4.69) is 4.98 Å². The molecule has 1 aliphatic rings. The molecule has 1 amide bonds. The quantitative estimate of drug-likeness (QED) is 0.723. The lowest BCUT2D eigenvalue weighted by molar-refractivity contribution is 0.155. The molecule has 1 saturated heterocycles. The van der Waals surface area contributed by atoms with Crippen LogP contribution in [0.5, 0.6) is 0 Å². The molecule has 1 unspecified atom stereocenters. The fourth-order valence-corrected chi connectivity index (χ4v) is 1.86. The third-order valence-corrected chi connectivity index (χ3v) is 2.74. The van der Waals surface area contributed by atoms with Crippen LogP contribution in [0.4, 0.5) is 10.6 Å². The zero-order valence-corrected chi connectivity index (χ0v) is 8.26. The van der Waals surface area contributed by atoms with Gasteiger partial charge in [-0.15, -0.1) is 0 Å². The van der Waals surface area contributed by atoms with Crippen molar-refractivity contribution in [1.82, 2.24) is 9.88 Å². The number of rotatable bonds is 1. The smallest absolute Gasteiger partial charge is 0.407 e. The largest absolute Gasteiger partial charge is 0.465 e. The molecule has 15 heavy (non-hydrogen) atoms. The maximum absolute atomic E-state index is 10.7. The number of carbonyl (C=O) groups is 1. The summed E-state index contributed by atoms with van der Waals surface area (Å²) in [6.07, 6.45) is 1.74. The van der Waals surface area contributed by atoms with Crippen molar-refractivity contribution in [2.24, 2.45) is 0 Å². The van der Waals surface area contributed by atoms with E-state index in [9.17, 15) is 4.79 Å². The molecule has 2 heterocycles. The lowest BCUT2D eigenvalue weighted by atomic mass is 10.0. The van der Waals surface area contributed by atoms with Crippen LogP contribution in [0.15, 0.2) is 18.3 Å². The predicted octanol–water partition coefficient (Wildman–Crippen LogP) is 1.13. The zero-order chi connectivity index (χ0) is 10.8. The summed E-state index contributed by atoms with van der Waals surface area (Å²) in [7, 11) is 0. The lowest BCUT2D eigenvalue weighted by Crippen LogP contribution is -2.26. The zero-order valence-electron chi connectivity index (χ0n) is 8.26. The van der Waals surface area contributed by atoms with Crippen molar-refractivity contribution in [3.05, 3.63) is 23.9 Å². The summed E-state index contributed by atoms with van der Waals surface area (Å²) < 4.78 is 0. The number of hydrogen-bond acceptors (Lipinski definition) is 3. The summed E-state index contributed by atoms with van der Waals surface area (Å²) in [6, 6.07) is 3.66. The van der Waals surface area contributed by atoms with Crippen LogP contribution >= 0.6 is 0 Å². The van der Waals surface area contributed by atoms with Crippen molar-refractivity contribution in [2.45, 2.75) is 12.3 Å². The normalized spacial score (nSPS) is 20.5. The molecule has 3 N–H and O–H groups in total. The maximum atomic E-state index is 10.7. The Morgan fingerprint density at radius 1 is 1.60 bits per heavy atom. The number of aromatic nitrogens is 1. The van der Waals surface area contributed by atoms with Gasteiger partial charge in [0, 0.05) is 25.2 Å². The Kier molecular flexibility index (Phi) is 2.45. The van der Waals surface area contributed by atoms with Crippen LogP contribution in [0.2, 0.25) is 0 Å². The number of pyridine rings is 1. The summed E-state index contributed by atoms with van der Waals surface area (Å²) in [4.78, 5) is 16.2. The summed E-state index contributed by atoms with van der Waals surface area (Å²) in [5.74, 6) is 0.751. The number of likely N-dealkylation sites (tertiary alicyclic amines) is 1. The van der Waals surface area contributed by atoms with Gasteiger partial charge in [-0.1, -0.05) is 6.07 Å². The first-order valence-electron chi connectivity index (χ1n) is 4.86. The monoisotopic (exact) mass is 207 g/mol. The van der Waals surface area contributed by atoms with E-state index < -0.39 is 6.09 Å². The highest BCUT2D eigenvalue weighted by atomic mass is 16.4. The summed E-state index contributed by atoms with van der Waals surface area (Å²) in [5, 5.41) is 8.81. The Labute approximate surface area is 87.5 Å². The van der Waals surface area contributed by atoms with Gasteiger partial charge in [-0.2, -0.15) is 0 Å². The minimum Gasteiger partial charge on any atom is -0.465 e. The van der Waals surface area contributed by atoms with Crippen molar-refractivity contribution < 1.29 is 9.90 Å². The summed E-state index contributed by atoms with van der Waals surface area (Å²) >= 11 is 0. The van der Waals surface area contributed by atoms with Gasteiger partial charge in [0.25, 0.3) is 0 Å². The topological polar surface area (TPSA) is 79.5 Å². The van der Waals surface area contributed by atoms with E-state index >= 15 is 0 Å². The molecule has 1 aromatic rings. The average Bonchev–Trinajstić information content (AvgIpc) is 2.68. The van der Waals surface area contributed by atoms with Gasteiger partial charge in [0.2, 0.25) is 0 Å². The van der Waals surface area contributed by atoms with Crippen LogP contribution in [0.1, 0.15) is 17.9 Å². The van der Waals surface area contributed by atoms with E-state index in [4.69, 9.17) is 10.8 Å². The molecule has 0 spiro atoms. The Bertz CT molecular complexity index is 363. The number of carboxylic acid groups (broad SMARTS) is 1. The van der Waals surface area contributed by atoms with Crippen LogP contribution in [0.25, 0.3) is 0 Å². The Hall–Kier alpha value is -1.78. The molecule has 0 saturated carbocycles. The fourth-order valence-electron chi connectivity index (χ4n) is 1.86. The van der Waals surface area contributed by atoms with E-state index in [-0.39, 0.29) is 5.92 Å². The standard InChI is InChI=1S/C10H13N3O2/c11-9-2-1-7(5-12-9)8-3-4-13(6-8)10(14)15/h1-2,5,8H,3-4,6H2,(H2,11,12)(H,14,15). The SMILES string of the molecule is Nc1ccc(C2CCN(C(=O)O)C2)cn1. The van der Waals surface area contributed by atoms with E-state index in [1.54, 1.807) is 12.3 Å². The Balaban J connectivity index is 2.07. The van der Waals surface area contributed by atoms with Crippen LogP contribution in [0.3, 0.4) is 0 Å². The highest BCUT2D eigenvalue weighted by Gasteiger charge is 2.26. The van der Waals surface area contributed by atoms with Crippen LogP contribution in [-0.2, 0) is 0 Å². The summed E-state index contributed by atoms with van der Waals surface area (Å²) in [5.41, 5.74) is 6.55. The third kappa shape index (κ3) is 2.01. The fraction of sp³-hybridized carbons (Fsp3) is 0.400. The maximum Gasteiger partial charge on any atom is 0.407 e. The molecule has 0 aliphatic carbocycles. The Morgan fingerprint density at radius 2 is 2.40 bits per heavy atom. The second-order valence-electron chi connectivity index (χ2n) is 3.73. The van der Waals surface area contributed by atoms with Gasteiger partial charge < -0.3 is 15.7 Å². The molecule has 80 valence electrons. The Morgan fingerprint density at radius 3 is 2.93 bits per heavy atom. The first kappa shape index (κ1) is 9.76. The number of anilines is 1. The minimum atomic E-state index is -0.846. The van der Waals surface area contributed by atoms with Crippen molar-refractivity contribution in [2.75, 3.05) is 18.8 Å². The molecular formula is C10H13N3O2. The molecule has 2 rings (SSSR count). The first-order valence-corrected chi connectivity index (χ1v) is 4.86. The molecule has 1 aliphatic heterocycles. The van der Waals surface area contributed by atoms with Gasteiger partial charge >= 0.3 is 6.09 Å². The van der Waals surface area contributed by atoms with Gasteiger partial charge in [-0.3, -0.25) is 0 Å². The number of nitrogens with two attached hydrogens (primary N) is 1. The van der Waals surface area contributed by atoms with Gasteiger partial charge in [0.15, 0.2) is 0 Å². The van der Waals surface area contributed by atoms with Gasteiger partial charge in [-0.05, 0) is 18.1 Å². The minimum absolute atomic E-state index is 0.259. The van der Waals surface area contributed by atoms with Crippen molar-refractivity contribution in [1.29, 1.82) is 0 Å². The number of amides is 1. The third-order valence-electron chi connectivity index (χ3n) is 2.74. The van der Waals surface area contributed by atoms with Gasteiger partial charge in [0.1, 0.15) is 5.82 Å². The van der Waals surface area contributed by atoms with E-state index in [0.29, 0.717) is 18.9 Å². The van der Waals surface area contributed by atoms with Crippen molar-refractivity contribution in [3.63, 3.8) is 0 Å². The molecule has 1 aromatic heterocycles. The second-order valence-corrected chi connectivity index (χ2v) is 3.73. The van der Waals surface area contributed by atoms with Crippen LogP contribution in [0, 0.1) is 0 Å². The predicted molar refractivity (Wildman–Crippen MR) is 55.6 cm³/mol. The molecular weight excluding hydrogens is 194 g/mol. The van der Waals surface area contributed by atoms with E-state index in [1.165, 1.54) is 4.90 Å². The van der Waals surface area contributed by atoms with Crippen molar-refractivity contribution >= 4 is 11.9 Å². The highest BCUT2D eigenvalue weighted by Crippen LogP contribution is 2.26. The molecule has 1 atom stereocenters. The highest BCUT2D eigenvalue weighted by molar-refractivity contribution is 5.65. The van der Waals surface area contributed by atoms with Crippen LogP contribution < -0.4 is 5.73 Å². The van der Waals surface area contributed by atoms with E-state index in [1.807, 2.05) is 6.07 Å². The molecule has 1 fully saturated rings. The van der Waals surface area contributed by atoms with Gasteiger partial charge in [-0.25, -0.2) is 9.78 Å². The number of nitrogen functional groups attached to an aromatic ring is 1. The molecule has 5 nitrogen and oxygen atoms in total. The van der Waals surface area contributed by atoms with E-state index in [0.717, 1.165) is 12.0 Å². The number of nitrogens with zero attached hydrogens (tertiary/aromatic N) is 2. The van der Waals surface area contributed by atoms with Gasteiger partial charge in [0.05, 0.1) is 0 Å². The average molecular weight is 207 g/mol. The second kappa shape index (κ2) is 3.76. The van der Waals surface area contributed by atoms with Crippen molar-refractivity contribution in [3.8, 4) is 0 Å². The molecule has 5 heteroatoms. The number of hydrogen-bond donors (Lipinski definition) is 2. The molecule has 0 aromatic carbocycles. The summed E-state index contributed by atoms with van der Waals surface area (Å²) in [6.45, 7) is 1.16. The first-order chi connectivity index (χ1) is 7.16. The lowest BCUT2D eigenvalue weighted by Gasteiger charge is -2.12. The molecule has 0 bridgehead atoms. The van der Waals surface area contributed by atoms with Crippen LogP contribution in [-0.4, -0.2) is 34.2 Å². The molecule has 0 radical (unpaired) electrons.